The number of fused-ring (bicyclic) bond motifs is 1. The van der Waals surface area contributed by atoms with Crippen LogP contribution in [0.4, 0.5) is 0 Å². The molecule has 2 aromatic heterocycles. The van der Waals surface area contributed by atoms with E-state index in [2.05, 4.69) is 25.8 Å². The van der Waals surface area contributed by atoms with Crippen LogP contribution in [0.25, 0.3) is 22.4 Å². The van der Waals surface area contributed by atoms with Crippen LogP contribution in [0.1, 0.15) is 24.4 Å². The molecule has 0 bridgehead atoms. The molecular formula is C15H11N5O. The van der Waals surface area contributed by atoms with Crippen molar-refractivity contribution in [3.63, 3.8) is 0 Å². The molecule has 6 nitrogen and oxygen atoms in total. The van der Waals surface area contributed by atoms with Crippen molar-refractivity contribution in [1.82, 2.24) is 19.7 Å². The lowest BCUT2D eigenvalue weighted by Crippen LogP contribution is -2.07. The molecular weight excluding hydrogens is 266 g/mol. The summed E-state index contributed by atoms with van der Waals surface area (Å²) in [6.45, 7) is 0. The van der Waals surface area contributed by atoms with Crippen LogP contribution in [0.5, 0.6) is 0 Å². The summed E-state index contributed by atoms with van der Waals surface area (Å²) in [4.78, 5) is 16.1. The fourth-order valence-electron chi connectivity index (χ4n) is 2.57. The minimum absolute atomic E-state index is 0.250. The summed E-state index contributed by atoms with van der Waals surface area (Å²) in [5.74, 6) is 0.737. The number of nitriles is 1. The van der Waals surface area contributed by atoms with Gasteiger partial charge in [-0.25, -0.2) is 10.1 Å². The Balaban J connectivity index is 2.03. The van der Waals surface area contributed by atoms with Crippen LogP contribution in [0.2, 0.25) is 0 Å². The zero-order chi connectivity index (χ0) is 14.4. The molecule has 0 spiro atoms. The maximum Gasteiger partial charge on any atom is 0.264 e. The molecule has 1 aromatic carbocycles. The standard InChI is InChI=1S/C15H11N5O/c16-7-9-1-4-12-13(5-9)20(11-2-3-11)15(18-12)10-6-14(21)19-17-8-10/h1,4-6,8,11H,2-3H2,(H,19,21). The maximum atomic E-state index is 11.5. The third kappa shape index (κ3) is 1.91. The summed E-state index contributed by atoms with van der Waals surface area (Å²) >= 11 is 0. The van der Waals surface area contributed by atoms with E-state index in [-0.39, 0.29) is 5.56 Å². The molecule has 21 heavy (non-hydrogen) atoms. The molecule has 102 valence electrons. The lowest BCUT2D eigenvalue weighted by molar-refractivity contribution is 0.773. The Labute approximate surface area is 119 Å². The highest BCUT2D eigenvalue weighted by Crippen LogP contribution is 2.41. The molecule has 0 aliphatic heterocycles. The molecule has 0 amide bonds. The van der Waals surface area contributed by atoms with Crippen molar-refractivity contribution in [1.29, 1.82) is 5.26 Å². The highest BCUT2D eigenvalue weighted by Gasteiger charge is 2.29. The largest absolute Gasteiger partial charge is 0.321 e. The van der Waals surface area contributed by atoms with Crippen LogP contribution in [0, 0.1) is 11.3 Å². The molecule has 1 saturated carbocycles. The first-order valence-corrected chi connectivity index (χ1v) is 6.73. The van der Waals surface area contributed by atoms with Crippen molar-refractivity contribution in [3.8, 4) is 17.5 Å². The fourth-order valence-corrected chi connectivity index (χ4v) is 2.57. The van der Waals surface area contributed by atoms with Crippen LogP contribution in [-0.4, -0.2) is 19.7 Å². The van der Waals surface area contributed by atoms with E-state index in [1.54, 1.807) is 12.3 Å². The number of nitrogens with zero attached hydrogens (tertiary/aromatic N) is 4. The molecule has 0 atom stereocenters. The number of aromatic nitrogens is 4. The fraction of sp³-hybridized carbons (Fsp3) is 0.200. The van der Waals surface area contributed by atoms with E-state index in [1.807, 2.05) is 12.1 Å². The Morgan fingerprint density at radius 2 is 2.19 bits per heavy atom. The second-order valence-corrected chi connectivity index (χ2v) is 5.19. The van der Waals surface area contributed by atoms with Gasteiger partial charge in [0.2, 0.25) is 0 Å². The van der Waals surface area contributed by atoms with Crippen LogP contribution < -0.4 is 5.56 Å². The summed E-state index contributed by atoms with van der Waals surface area (Å²) in [6.07, 6.45) is 3.78. The topological polar surface area (TPSA) is 87.4 Å². The van der Waals surface area contributed by atoms with Gasteiger partial charge in [-0.3, -0.25) is 4.79 Å². The molecule has 1 fully saturated rings. The molecule has 0 saturated heterocycles. The first-order chi connectivity index (χ1) is 10.3. The predicted molar refractivity (Wildman–Crippen MR) is 76.6 cm³/mol. The monoisotopic (exact) mass is 277 g/mol. The molecule has 0 radical (unpaired) electrons. The van der Waals surface area contributed by atoms with Gasteiger partial charge in [0.15, 0.2) is 0 Å². The number of aromatic amines is 1. The highest BCUT2D eigenvalue weighted by molar-refractivity contribution is 5.82. The van der Waals surface area contributed by atoms with Gasteiger partial charge in [-0.2, -0.15) is 10.4 Å². The number of benzene rings is 1. The zero-order valence-corrected chi connectivity index (χ0v) is 11.1. The molecule has 6 heteroatoms. The maximum absolute atomic E-state index is 11.5. The zero-order valence-electron chi connectivity index (χ0n) is 11.1. The number of rotatable bonds is 2. The third-order valence-corrected chi connectivity index (χ3v) is 3.65. The van der Waals surface area contributed by atoms with Gasteiger partial charge < -0.3 is 4.57 Å². The van der Waals surface area contributed by atoms with Gasteiger partial charge in [0.25, 0.3) is 5.56 Å². The molecule has 1 N–H and O–H groups in total. The van der Waals surface area contributed by atoms with Crippen LogP contribution >= 0.6 is 0 Å². The Bertz CT molecular complexity index is 943. The summed E-state index contributed by atoms with van der Waals surface area (Å²) in [7, 11) is 0. The summed E-state index contributed by atoms with van der Waals surface area (Å²) in [5, 5.41) is 15.3. The first kappa shape index (κ1) is 11.9. The second-order valence-electron chi connectivity index (χ2n) is 5.19. The number of nitrogens with one attached hydrogen (secondary N) is 1. The second kappa shape index (κ2) is 4.28. The van der Waals surface area contributed by atoms with Gasteiger partial charge in [0.05, 0.1) is 28.9 Å². The normalized spacial score (nSPS) is 14.2. The Hall–Kier alpha value is -2.94. The molecule has 4 rings (SSSR count). The average molecular weight is 277 g/mol. The Kier molecular flexibility index (Phi) is 2.42. The van der Waals surface area contributed by atoms with E-state index in [1.165, 1.54) is 6.07 Å². The van der Waals surface area contributed by atoms with E-state index in [9.17, 15) is 4.79 Å². The number of H-pyrrole nitrogens is 1. The summed E-state index contributed by atoms with van der Waals surface area (Å²) in [6, 6.07) is 9.49. The van der Waals surface area contributed by atoms with Crippen molar-refractivity contribution < 1.29 is 0 Å². The highest BCUT2D eigenvalue weighted by atomic mass is 16.1. The predicted octanol–water partition coefficient (Wildman–Crippen LogP) is 1.99. The minimum Gasteiger partial charge on any atom is -0.321 e. The lowest BCUT2D eigenvalue weighted by Gasteiger charge is -2.07. The van der Waals surface area contributed by atoms with Gasteiger partial charge in [-0.15, -0.1) is 0 Å². The van der Waals surface area contributed by atoms with E-state index in [4.69, 9.17) is 5.26 Å². The Morgan fingerprint density at radius 1 is 1.33 bits per heavy atom. The molecule has 1 aliphatic rings. The third-order valence-electron chi connectivity index (χ3n) is 3.65. The van der Waals surface area contributed by atoms with Crippen LogP contribution in [0.15, 0.2) is 35.3 Å². The van der Waals surface area contributed by atoms with Gasteiger partial charge in [-0.1, -0.05) is 0 Å². The molecule has 3 aromatic rings. The SMILES string of the molecule is N#Cc1ccc2nc(-c3cn[nH]c(=O)c3)n(C3CC3)c2c1. The van der Waals surface area contributed by atoms with Crippen molar-refractivity contribution in [2.45, 2.75) is 18.9 Å². The molecule has 2 heterocycles. The summed E-state index contributed by atoms with van der Waals surface area (Å²) in [5.41, 5.74) is 2.82. The van der Waals surface area contributed by atoms with Crippen molar-refractivity contribution >= 4 is 11.0 Å². The van der Waals surface area contributed by atoms with E-state index in [0.29, 0.717) is 17.2 Å². The minimum atomic E-state index is -0.250. The van der Waals surface area contributed by atoms with Crippen LogP contribution in [-0.2, 0) is 0 Å². The molecule has 1 aliphatic carbocycles. The van der Waals surface area contributed by atoms with Gasteiger partial charge in [0.1, 0.15) is 5.82 Å². The summed E-state index contributed by atoms with van der Waals surface area (Å²) < 4.78 is 2.12. The van der Waals surface area contributed by atoms with Gasteiger partial charge >= 0.3 is 0 Å². The van der Waals surface area contributed by atoms with Gasteiger partial charge in [0, 0.05) is 17.7 Å². The van der Waals surface area contributed by atoms with E-state index >= 15 is 0 Å². The van der Waals surface area contributed by atoms with E-state index in [0.717, 1.165) is 29.7 Å². The number of hydrogen-bond acceptors (Lipinski definition) is 4. The quantitative estimate of drug-likeness (QED) is 0.776. The average Bonchev–Trinajstić information content (AvgIpc) is 3.26. The smallest absolute Gasteiger partial charge is 0.264 e. The van der Waals surface area contributed by atoms with Crippen molar-refractivity contribution in [3.05, 3.63) is 46.4 Å². The van der Waals surface area contributed by atoms with Gasteiger partial charge in [-0.05, 0) is 31.0 Å². The first-order valence-electron chi connectivity index (χ1n) is 6.73. The van der Waals surface area contributed by atoms with E-state index < -0.39 is 0 Å². The van der Waals surface area contributed by atoms with Crippen molar-refractivity contribution in [2.75, 3.05) is 0 Å². The lowest BCUT2D eigenvalue weighted by atomic mass is 10.2. The Morgan fingerprint density at radius 3 is 2.90 bits per heavy atom. The van der Waals surface area contributed by atoms with Crippen molar-refractivity contribution in [2.24, 2.45) is 0 Å². The number of imidazole rings is 1. The molecule has 0 unspecified atom stereocenters. The number of hydrogen-bond donors (Lipinski definition) is 1. The van der Waals surface area contributed by atoms with Crippen LogP contribution in [0.3, 0.4) is 0 Å².